The van der Waals surface area contributed by atoms with Crippen molar-refractivity contribution in [2.75, 3.05) is 11.9 Å². The zero-order valence-corrected chi connectivity index (χ0v) is 12.1. The van der Waals surface area contributed by atoms with Crippen molar-refractivity contribution in [1.29, 1.82) is 0 Å². The zero-order valence-electron chi connectivity index (χ0n) is 12.1. The molecule has 2 rings (SSSR count). The summed E-state index contributed by atoms with van der Waals surface area (Å²) in [5, 5.41) is 11.1. The van der Waals surface area contributed by atoms with E-state index in [2.05, 4.69) is 0 Å². The predicted molar refractivity (Wildman–Crippen MR) is 78.7 cm³/mol. The third-order valence-electron chi connectivity index (χ3n) is 3.19. The molecule has 0 bridgehead atoms. The van der Waals surface area contributed by atoms with Gasteiger partial charge >= 0.3 is 0 Å². The van der Waals surface area contributed by atoms with Gasteiger partial charge in [0, 0.05) is 18.8 Å². The zero-order chi connectivity index (χ0) is 15.6. The fraction of sp³-hybridized carbons (Fsp3) is 0.267. The Labute approximate surface area is 122 Å². The Balaban J connectivity index is 2.29. The largest absolute Gasteiger partial charge is 0.464 e. The highest BCUT2D eigenvalue weighted by molar-refractivity contribution is 5.98. The van der Waals surface area contributed by atoms with Crippen LogP contribution in [0.4, 0.5) is 11.4 Å². The topological polar surface area (TPSA) is 76.6 Å². The highest BCUT2D eigenvalue weighted by atomic mass is 16.6. The number of hydrogen-bond donors (Lipinski definition) is 0. The summed E-state index contributed by atoms with van der Waals surface area (Å²) < 4.78 is 5.49. The van der Waals surface area contributed by atoms with Gasteiger partial charge in [-0.05, 0) is 38.1 Å². The third-order valence-corrected chi connectivity index (χ3v) is 3.19. The van der Waals surface area contributed by atoms with E-state index in [1.165, 1.54) is 19.1 Å². The fourth-order valence-electron chi connectivity index (χ4n) is 2.10. The van der Waals surface area contributed by atoms with Crippen molar-refractivity contribution in [3.63, 3.8) is 0 Å². The van der Waals surface area contributed by atoms with Crippen LogP contribution in [-0.2, 0) is 6.54 Å². The van der Waals surface area contributed by atoms with Gasteiger partial charge in [0.1, 0.15) is 11.5 Å². The number of benzene rings is 1. The molecule has 0 amide bonds. The second kappa shape index (κ2) is 5.78. The molecule has 0 fully saturated rings. The summed E-state index contributed by atoms with van der Waals surface area (Å²) in [5.41, 5.74) is 0.592. The molecule has 2 aromatic rings. The molecule has 0 saturated heterocycles. The first kappa shape index (κ1) is 14.8. The van der Waals surface area contributed by atoms with Gasteiger partial charge in [0.15, 0.2) is 5.78 Å². The number of furan rings is 1. The molecule has 0 radical (unpaired) electrons. The van der Waals surface area contributed by atoms with Crippen LogP contribution >= 0.6 is 0 Å². The van der Waals surface area contributed by atoms with E-state index in [1.807, 2.05) is 31.0 Å². The standard InChI is InChI=1S/C15H16N2O4/c1-10-4-6-13(21-10)9-16(3)12-5-7-14(11(2)18)15(8-12)17(19)20/h4-8H,9H2,1-3H3. The summed E-state index contributed by atoms with van der Waals surface area (Å²) in [6.07, 6.45) is 0. The third kappa shape index (κ3) is 3.28. The van der Waals surface area contributed by atoms with Crippen molar-refractivity contribution in [2.45, 2.75) is 20.4 Å². The number of carbonyl (C=O) groups excluding carboxylic acids is 1. The Hall–Kier alpha value is -2.63. The molecule has 1 aromatic heterocycles. The molecule has 1 aromatic carbocycles. The Morgan fingerprint density at radius 2 is 2.05 bits per heavy atom. The number of nitro benzene ring substituents is 1. The summed E-state index contributed by atoms with van der Waals surface area (Å²) >= 11 is 0. The average molecular weight is 288 g/mol. The maximum Gasteiger partial charge on any atom is 0.282 e. The van der Waals surface area contributed by atoms with Gasteiger partial charge in [0.2, 0.25) is 0 Å². The molecule has 1 heterocycles. The van der Waals surface area contributed by atoms with Crippen LogP contribution in [0.1, 0.15) is 28.8 Å². The number of nitrogens with zero attached hydrogens (tertiary/aromatic N) is 2. The number of hydrogen-bond acceptors (Lipinski definition) is 5. The second-order valence-electron chi connectivity index (χ2n) is 4.88. The summed E-state index contributed by atoms with van der Waals surface area (Å²) in [5.74, 6) is 1.27. The van der Waals surface area contributed by atoms with Crippen LogP contribution in [0.15, 0.2) is 34.7 Å². The van der Waals surface area contributed by atoms with Crippen LogP contribution in [0.25, 0.3) is 0 Å². The lowest BCUT2D eigenvalue weighted by Crippen LogP contribution is -2.16. The van der Waals surface area contributed by atoms with E-state index in [4.69, 9.17) is 4.42 Å². The SMILES string of the molecule is CC(=O)c1ccc(N(C)Cc2ccc(C)o2)cc1[N+](=O)[O-]. The molecule has 0 atom stereocenters. The molecule has 0 spiro atoms. The van der Waals surface area contributed by atoms with E-state index in [0.717, 1.165) is 11.5 Å². The molecule has 6 heteroatoms. The minimum absolute atomic E-state index is 0.117. The Bertz CT molecular complexity index is 691. The van der Waals surface area contributed by atoms with Crippen LogP contribution < -0.4 is 4.90 Å². The molecule has 0 aliphatic carbocycles. The number of nitro groups is 1. The van der Waals surface area contributed by atoms with E-state index in [9.17, 15) is 14.9 Å². The molecule has 0 saturated carbocycles. The Morgan fingerprint density at radius 3 is 2.57 bits per heavy atom. The number of ketones is 1. The maximum atomic E-state index is 11.4. The molecule has 0 aliphatic heterocycles. The van der Waals surface area contributed by atoms with Crippen molar-refractivity contribution in [3.05, 3.63) is 57.5 Å². The molecule has 110 valence electrons. The number of rotatable bonds is 5. The molecule has 21 heavy (non-hydrogen) atoms. The molecular weight excluding hydrogens is 272 g/mol. The molecule has 0 aliphatic rings. The van der Waals surface area contributed by atoms with Gasteiger partial charge in [-0.2, -0.15) is 0 Å². The lowest BCUT2D eigenvalue weighted by molar-refractivity contribution is -0.385. The molecule has 0 unspecified atom stereocenters. The van der Waals surface area contributed by atoms with Gasteiger partial charge in [-0.3, -0.25) is 14.9 Å². The van der Waals surface area contributed by atoms with E-state index in [-0.39, 0.29) is 17.0 Å². The van der Waals surface area contributed by atoms with Crippen LogP contribution in [0.5, 0.6) is 0 Å². The highest BCUT2D eigenvalue weighted by Gasteiger charge is 2.19. The fourth-order valence-corrected chi connectivity index (χ4v) is 2.10. The predicted octanol–water partition coefficient (Wildman–Crippen LogP) is 3.34. The lowest BCUT2D eigenvalue weighted by Gasteiger charge is -2.18. The van der Waals surface area contributed by atoms with Crippen LogP contribution in [-0.4, -0.2) is 17.8 Å². The van der Waals surface area contributed by atoms with Crippen molar-refractivity contribution in [1.82, 2.24) is 0 Å². The van der Waals surface area contributed by atoms with Gasteiger partial charge in [-0.15, -0.1) is 0 Å². The number of anilines is 1. The van der Waals surface area contributed by atoms with Crippen molar-refractivity contribution >= 4 is 17.2 Å². The molecule has 0 N–H and O–H groups in total. The van der Waals surface area contributed by atoms with Crippen LogP contribution in [0, 0.1) is 17.0 Å². The van der Waals surface area contributed by atoms with Crippen LogP contribution in [0.3, 0.4) is 0 Å². The Kier molecular flexibility index (Phi) is 4.07. The highest BCUT2D eigenvalue weighted by Crippen LogP contribution is 2.26. The minimum Gasteiger partial charge on any atom is -0.464 e. The maximum absolute atomic E-state index is 11.4. The van der Waals surface area contributed by atoms with E-state index in [1.54, 1.807) is 6.07 Å². The smallest absolute Gasteiger partial charge is 0.282 e. The van der Waals surface area contributed by atoms with E-state index >= 15 is 0 Å². The van der Waals surface area contributed by atoms with Gasteiger partial charge in [0.25, 0.3) is 5.69 Å². The minimum atomic E-state index is -0.537. The monoisotopic (exact) mass is 288 g/mol. The second-order valence-corrected chi connectivity index (χ2v) is 4.88. The van der Waals surface area contributed by atoms with Gasteiger partial charge in [-0.25, -0.2) is 0 Å². The summed E-state index contributed by atoms with van der Waals surface area (Å²) in [6.45, 7) is 3.66. The Morgan fingerprint density at radius 1 is 1.33 bits per heavy atom. The summed E-state index contributed by atoms with van der Waals surface area (Å²) in [7, 11) is 1.81. The summed E-state index contributed by atoms with van der Waals surface area (Å²) in [4.78, 5) is 23.8. The van der Waals surface area contributed by atoms with Gasteiger partial charge < -0.3 is 9.32 Å². The quantitative estimate of drug-likeness (QED) is 0.479. The molecular formula is C15H16N2O4. The number of aryl methyl sites for hydroxylation is 1. The first-order chi connectivity index (χ1) is 9.88. The van der Waals surface area contributed by atoms with Crippen molar-refractivity contribution in [2.24, 2.45) is 0 Å². The first-order valence-corrected chi connectivity index (χ1v) is 6.44. The van der Waals surface area contributed by atoms with E-state index < -0.39 is 4.92 Å². The average Bonchev–Trinajstić information content (AvgIpc) is 2.83. The van der Waals surface area contributed by atoms with Crippen molar-refractivity contribution < 1.29 is 14.1 Å². The van der Waals surface area contributed by atoms with E-state index in [0.29, 0.717) is 12.2 Å². The number of Topliss-reactive ketones (excluding diaryl/α,β-unsaturated/α-hetero) is 1. The van der Waals surface area contributed by atoms with Gasteiger partial charge in [0.05, 0.1) is 17.0 Å². The number of carbonyl (C=O) groups is 1. The first-order valence-electron chi connectivity index (χ1n) is 6.44. The normalized spacial score (nSPS) is 10.4. The lowest BCUT2D eigenvalue weighted by atomic mass is 10.1. The van der Waals surface area contributed by atoms with Gasteiger partial charge in [-0.1, -0.05) is 0 Å². The molecule has 6 nitrogen and oxygen atoms in total. The van der Waals surface area contributed by atoms with Crippen LogP contribution in [0.2, 0.25) is 0 Å². The summed E-state index contributed by atoms with van der Waals surface area (Å²) in [6, 6.07) is 8.32. The van der Waals surface area contributed by atoms with Crippen molar-refractivity contribution in [3.8, 4) is 0 Å².